The molecule has 32 heavy (non-hydrogen) atoms. The van der Waals surface area contributed by atoms with Crippen LogP contribution in [-0.2, 0) is 0 Å². The average Bonchev–Trinajstić information content (AvgIpc) is 3.39. The van der Waals surface area contributed by atoms with E-state index in [1.54, 1.807) is 17.5 Å². The van der Waals surface area contributed by atoms with Gasteiger partial charge in [0.15, 0.2) is 0 Å². The number of nitrogens with zero attached hydrogens (tertiary/aromatic N) is 3. The zero-order valence-electron chi connectivity index (χ0n) is 16.3. The van der Waals surface area contributed by atoms with Gasteiger partial charge in [-0.15, -0.1) is 11.3 Å². The fourth-order valence-corrected chi connectivity index (χ4v) is 4.82. The van der Waals surface area contributed by atoms with Crippen molar-refractivity contribution < 1.29 is 18.3 Å². The molecule has 0 amide bonds. The number of alkyl halides is 3. The van der Waals surface area contributed by atoms with Gasteiger partial charge in [-0.05, 0) is 22.9 Å². The van der Waals surface area contributed by atoms with Gasteiger partial charge >= 0.3 is 6.18 Å². The summed E-state index contributed by atoms with van der Waals surface area (Å²) in [6.45, 7) is 0. The molecule has 162 valence electrons. The third-order valence-electron chi connectivity index (χ3n) is 5.35. The molecule has 5 rings (SSSR count). The summed E-state index contributed by atoms with van der Waals surface area (Å²) in [4.78, 5) is 4.35. The van der Waals surface area contributed by atoms with Crippen LogP contribution in [0.4, 0.5) is 18.3 Å². The first-order valence-corrected chi connectivity index (χ1v) is 11.3. The van der Waals surface area contributed by atoms with Crippen LogP contribution in [0.3, 0.4) is 0 Å². The zero-order chi connectivity index (χ0) is 22.5. The highest BCUT2D eigenvalue weighted by Gasteiger charge is 2.62. The Morgan fingerprint density at radius 3 is 2.47 bits per heavy atom. The molecule has 3 aromatic carbocycles. The van der Waals surface area contributed by atoms with Crippen LogP contribution < -0.4 is 5.01 Å². The number of hydrogen-bond donors (Lipinski definition) is 1. The lowest BCUT2D eigenvalue weighted by molar-refractivity contribution is -0.254. The number of thiazole rings is 1. The number of halogens is 4. The summed E-state index contributed by atoms with van der Waals surface area (Å²) >= 11 is 4.36. The molecule has 1 aromatic heterocycles. The minimum absolute atomic E-state index is 0.0296. The maximum absolute atomic E-state index is 14.1. The molecule has 9 heteroatoms. The van der Waals surface area contributed by atoms with Crippen molar-refractivity contribution in [1.29, 1.82) is 0 Å². The lowest BCUT2D eigenvalue weighted by Gasteiger charge is -2.32. The van der Waals surface area contributed by atoms with Crippen molar-refractivity contribution in [1.82, 2.24) is 4.98 Å². The van der Waals surface area contributed by atoms with E-state index in [0.29, 0.717) is 16.3 Å². The average molecular weight is 518 g/mol. The number of aromatic nitrogens is 1. The van der Waals surface area contributed by atoms with Crippen molar-refractivity contribution in [3.05, 3.63) is 82.1 Å². The van der Waals surface area contributed by atoms with Crippen molar-refractivity contribution in [2.24, 2.45) is 5.10 Å². The molecule has 1 N–H and O–H groups in total. The fraction of sp³-hybridized carbons (Fsp3) is 0.130. The van der Waals surface area contributed by atoms with E-state index in [0.717, 1.165) is 32.1 Å². The Labute approximate surface area is 193 Å². The highest BCUT2D eigenvalue weighted by molar-refractivity contribution is 9.10. The first kappa shape index (κ1) is 21.1. The summed E-state index contributed by atoms with van der Waals surface area (Å²) < 4.78 is 43.1. The molecule has 1 atom stereocenters. The lowest BCUT2D eigenvalue weighted by atomic mass is 9.96. The van der Waals surface area contributed by atoms with Crippen LogP contribution in [0.2, 0.25) is 0 Å². The van der Waals surface area contributed by atoms with E-state index in [2.05, 4.69) is 26.0 Å². The maximum atomic E-state index is 14.1. The molecule has 1 aliphatic heterocycles. The first-order valence-electron chi connectivity index (χ1n) is 9.63. The molecule has 0 fully saturated rings. The summed E-state index contributed by atoms with van der Waals surface area (Å²) in [6.07, 6.45) is -5.63. The molecule has 0 spiro atoms. The van der Waals surface area contributed by atoms with Crippen LogP contribution in [0.5, 0.6) is 0 Å². The third-order valence-corrected chi connectivity index (χ3v) is 6.70. The Bertz CT molecular complexity index is 1330. The first-order chi connectivity index (χ1) is 15.3. The van der Waals surface area contributed by atoms with Gasteiger partial charge in [0, 0.05) is 21.0 Å². The third kappa shape index (κ3) is 3.50. The van der Waals surface area contributed by atoms with Gasteiger partial charge in [0.05, 0.1) is 17.8 Å². The van der Waals surface area contributed by atoms with Gasteiger partial charge in [0.1, 0.15) is 0 Å². The van der Waals surface area contributed by atoms with Gasteiger partial charge in [-0.3, -0.25) is 0 Å². The molecule has 0 saturated carbocycles. The summed E-state index contributed by atoms with van der Waals surface area (Å²) in [5.41, 5.74) is -1.21. The van der Waals surface area contributed by atoms with Gasteiger partial charge in [-0.25, -0.2) is 4.98 Å². The molecule has 0 radical (unpaired) electrons. The number of rotatable bonds is 3. The van der Waals surface area contributed by atoms with Gasteiger partial charge < -0.3 is 5.11 Å². The lowest BCUT2D eigenvalue weighted by Crippen LogP contribution is -2.55. The predicted molar refractivity (Wildman–Crippen MR) is 124 cm³/mol. The molecule has 1 aliphatic rings. The number of benzene rings is 3. The summed E-state index contributed by atoms with van der Waals surface area (Å²) in [5.74, 6) is 0. The topological polar surface area (TPSA) is 48.7 Å². The van der Waals surface area contributed by atoms with Crippen molar-refractivity contribution in [3.63, 3.8) is 0 Å². The highest BCUT2D eigenvalue weighted by atomic mass is 79.9. The minimum atomic E-state index is -4.94. The molecule has 4 aromatic rings. The van der Waals surface area contributed by atoms with Crippen LogP contribution in [0, 0.1) is 0 Å². The normalized spacial score (nSPS) is 18.9. The van der Waals surface area contributed by atoms with Crippen LogP contribution in [0.15, 0.2) is 81.7 Å². The van der Waals surface area contributed by atoms with E-state index >= 15 is 0 Å². The number of fused-ring (bicyclic) bond motifs is 1. The molecule has 0 bridgehead atoms. The summed E-state index contributed by atoms with van der Waals surface area (Å²) in [5, 5.41) is 18.9. The molecule has 0 aliphatic carbocycles. The van der Waals surface area contributed by atoms with Gasteiger partial charge in [-0.2, -0.15) is 23.3 Å². The number of hydrogen-bond acceptors (Lipinski definition) is 5. The second-order valence-corrected chi connectivity index (χ2v) is 9.15. The van der Waals surface area contributed by atoms with Crippen LogP contribution in [-0.4, -0.2) is 27.7 Å². The summed E-state index contributed by atoms with van der Waals surface area (Å²) in [6, 6.07) is 20.0. The Morgan fingerprint density at radius 2 is 1.72 bits per heavy atom. The zero-order valence-corrected chi connectivity index (χ0v) is 18.7. The SMILES string of the molecule is O[C@]1(C(F)(F)F)CC(c2cccc3ccccc23)=NN1c1nc(-c2ccc(Br)cc2)cs1. The van der Waals surface area contributed by atoms with E-state index in [-0.39, 0.29) is 10.8 Å². The monoisotopic (exact) mass is 517 g/mol. The van der Waals surface area contributed by atoms with E-state index in [4.69, 9.17) is 0 Å². The quantitative estimate of drug-likeness (QED) is 0.333. The standard InChI is InChI=1S/C23H15BrF3N3OS/c24-16-10-8-15(9-11-16)20-13-32-21(28-20)30-22(31,23(25,26)27)12-19(29-30)18-7-3-5-14-4-1-2-6-17(14)18/h1-11,13,31H,12H2/t22-/m0/s1. The molecular formula is C23H15BrF3N3OS. The fourth-order valence-electron chi connectivity index (χ4n) is 3.71. The van der Waals surface area contributed by atoms with Gasteiger partial charge in [-0.1, -0.05) is 70.5 Å². The Kier molecular flexibility index (Phi) is 5.07. The summed E-state index contributed by atoms with van der Waals surface area (Å²) in [7, 11) is 0. The largest absolute Gasteiger partial charge is 0.438 e. The van der Waals surface area contributed by atoms with Gasteiger partial charge in [0.2, 0.25) is 5.13 Å². The maximum Gasteiger partial charge on any atom is 0.438 e. The van der Waals surface area contributed by atoms with Crippen LogP contribution in [0.25, 0.3) is 22.0 Å². The molecule has 0 saturated heterocycles. The minimum Gasteiger partial charge on any atom is -0.362 e. The predicted octanol–water partition coefficient (Wildman–Crippen LogP) is 6.59. The van der Waals surface area contributed by atoms with Crippen LogP contribution in [0.1, 0.15) is 12.0 Å². The molecule has 2 heterocycles. The molecule has 0 unspecified atom stereocenters. The van der Waals surface area contributed by atoms with Crippen molar-refractivity contribution in [2.45, 2.75) is 18.3 Å². The molecular weight excluding hydrogens is 503 g/mol. The van der Waals surface area contributed by atoms with E-state index in [1.807, 2.05) is 54.6 Å². The Balaban J connectivity index is 1.60. The number of anilines is 1. The number of aliphatic hydroxyl groups is 1. The van der Waals surface area contributed by atoms with E-state index < -0.39 is 18.3 Å². The van der Waals surface area contributed by atoms with Crippen molar-refractivity contribution in [3.8, 4) is 11.3 Å². The number of hydrazone groups is 1. The second-order valence-electron chi connectivity index (χ2n) is 7.40. The van der Waals surface area contributed by atoms with E-state index in [9.17, 15) is 18.3 Å². The Hall–Kier alpha value is -2.75. The van der Waals surface area contributed by atoms with Crippen molar-refractivity contribution in [2.75, 3.05) is 5.01 Å². The molecule has 4 nitrogen and oxygen atoms in total. The highest BCUT2D eigenvalue weighted by Crippen LogP contribution is 2.45. The van der Waals surface area contributed by atoms with Crippen LogP contribution >= 0.6 is 27.3 Å². The Morgan fingerprint density at radius 1 is 1.00 bits per heavy atom. The van der Waals surface area contributed by atoms with Crippen molar-refractivity contribution >= 4 is 48.9 Å². The van der Waals surface area contributed by atoms with Gasteiger partial charge in [0.25, 0.3) is 5.72 Å². The van der Waals surface area contributed by atoms with E-state index in [1.165, 1.54) is 0 Å². The smallest absolute Gasteiger partial charge is 0.362 e. The second kappa shape index (κ2) is 7.68.